The van der Waals surface area contributed by atoms with Crippen molar-refractivity contribution in [2.75, 3.05) is 32.6 Å². The van der Waals surface area contributed by atoms with Gasteiger partial charge in [-0.2, -0.15) is 0 Å². The molecule has 1 atom stereocenters. The largest absolute Gasteiger partial charge is 0.494 e. The van der Waals surface area contributed by atoms with Gasteiger partial charge in [-0.05, 0) is 56.9 Å². The molecule has 0 bridgehead atoms. The van der Waals surface area contributed by atoms with Gasteiger partial charge in [0, 0.05) is 36.4 Å². The molecule has 0 saturated heterocycles. The summed E-state index contributed by atoms with van der Waals surface area (Å²) in [5, 5.41) is 6.51. The third-order valence-corrected chi connectivity index (χ3v) is 5.00. The molecule has 1 unspecified atom stereocenters. The van der Waals surface area contributed by atoms with E-state index in [1.54, 1.807) is 24.3 Å². The lowest BCUT2D eigenvalue weighted by Crippen LogP contribution is -2.40. The van der Waals surface area contributed by atoms with E-state index in [9.17, 15) is 9.59 Å². The van der Waals surface area contributed by atoms with Gasteiger partial charge in [0.05, 0.1) is 12.6 Å². The molecular formula is C23H28N4O3. The van der Waals surface area contributed by atoms with Gasteiger partial charge >= 0.3 is 11.8 Å². The highest BCUT2D eigenvalue weighted by molar-refractivity contribution is 6.39. The minimum Gasteiger partial charge on any atom is -0.494 e. The van der Waals surface area contributed by atoms with E-state index < -0.39 is 11.8 Å². The third-order valence-electron chi connectivity index (χ3n) is 5.00. The maximum absolute atomic E-state index is 12.4. The predicted molar refractivity (Wildman–Crippen MR) is 119 cm³/mol. The smallest absolute Gasteiger partial charge is 0.313 e. The number of rotatable bonds is 7. The fraction of sp³-hybridized carbons (Fsp3) is 0.304. The number of amides is 2. The Hall–Kier alpha value is -3.32. The maximum atomic E-state index is 12.4. The van der Waals surface area contributed by atoms with Gasteiger partial charge in [-0.3, -0.25) is 9.59 Å². The zero-order chi connectivity index (χ0) is 21.7. The molecule has 0 radical (unpaired) electrons. The molecule has 3 aromatic rings. The summed E-state index contributed by atoms with van der Waals surface area (Å²) in [5.74, 6) is -0.658. The second kappa shape index (κ2) is 9.45. The summed E-state index contributed by atoms with van der Waals surface area (Å²) >= 11 is 0. The summed E-state index contributed by atoms with van der Waals surface area (Å²) in [6, 6.07) is 15.0. The van der Waals surface area contributed by atoms with Crippen LogP contribution < -0.4 is 15.4 Å². The van der Waals surface area contributed by atoms with Crippen LogP contribution in [0.25, 0.3) is 10.9 Å². The second-order valence-electron chi connectivity index (χ2n) is 7.31. The molecule has 0 aliphatic rings. The molecule has 0 aliphatic heterocycles. The van der Waals surface area contributed by atoms with Crippen LogP contribution in [0.4, 0.5) is 5.69 Å². The molecule has 2 amide bonds. The summed E-state index contributed by atoms with van der Waals surface area (Å²) in [5.41, 5.74) is 2.76. The molecule has 0 fully saturated rings. The van der Waals surface area contributed by atoms with E-state index in [1.165, 1.54) is 0 Å². The van der Waals surface area contributed by atoms with Crippen LogP contribution >= 0.6 is 0 Å². The number of carbonyl (C=O) groups excluding carboxylic acids is 2. The molecule has 7 heteroatoms. The first-order valence-electron chi connectivity index (χ1n) is 9.93. The lowest BCUT2D eigenvalue weighted by Gasteiger charge is -2.24. The number of fused-ring (bicyclic) bond motifs is 1. The number of nitrogens with one attached hydrogen (secondary N) is 2. The zero-order valence-electron chi connectivity index (χ0n) is 17.8. The van der Waals surface area contributed by atoms with Crippen molar-refractivity contribution in [2.45, 2.75) is 13.0 Å². The normalized spacial score (nSPS) is 12.0. The van der Waals surface area contributed by atoms with E-state index in [0.717, 1.165) is 16.5 Å². The Morgan fingerprint density at radius 2 is 1.77 bits per heavy atom. The highest BCUT2D eigenvalue weighted by Gasteiger charge is 2.22. The first-order valence-corrected chi connectivity index (χ1v) is 9.93. The molecule has 0 saturated carbocycles. The van der Waals surface area contributed by atoms with Crippen molar-refractivity contribution in [1.82, 2.24) is 14.8 Å². The van der Waals surface area contributed by atoms with Crippen LogP contribution in [0, 0.1) is 0 Å². The minimum atomic E-state index is -0.699. The fourth-order valence-electron chi connectivity index (χ4n) is 3.47. The van der Waals surface area contributed by atoms with E-state index in [-0.39, 0.29) is 6.04 Å². The number of anilines is 1. The van der Waals surface area contributed by atoms with Gasteiger partial charge in [0.25, 0.3) is 0 Å². The van der Waals surface area contributed by atoms with Gasteiger partial charge in [0.1, 0.15) is 5.75 Å². The molecule has 30 heavy (non-hydrogen) atoms. The zero-order valence-corrected chi connectivity index (χ0v) is 17.8. The number of nitrogens with zero attached hydrogens (tertiary/aromatic N) is 2. The van der Waals surface area contributed by atoms with Gasteiger partial charge in [-0.15, -0.1) is 0 Å². The Morgan fingerprint density at radius 1 is 1.07 bits per heavy atom. The number of aromatic nitrogens is 1. The lowest BCUT2D eigenvalue weighted by molar-refractivity contribution is -0.136. The quantitative estimate of drug-likeness (QED) is 0.590. The van der Waals surface area contributed by atoms with Crippen LogP contribution in [0.1, 0.15) is 18.5 Å². The fourth-order valence-corrected chi connectivity index (χ4v) is 3.47. The monoisotopic (exact) mass is 408 g/mol. The maximum Gasteiger partial charge on any atom is 0.313 e. The second-order valence-corrected chi connectivity index (χ2v) is 7.31. The number of carbonyl (C=O) groups is 2. The molecular weight excluding hydrogens is 380 g/mol. The minimum absolute atomic E-state index is 0.0710. The average molecular weight is 409 g/mol. The SMILES string of the molecule is CCOc1ccc(NC(=O)C(=O)NCC(c2cn(C)c3ccccc23)N(C)C)cc1. The Bertz CT molecular complexity index is 1020. The average Bonchev–Trinajstić information content (AvgIpc) is 3.06. The Labute approximate surface area is 176 Å². The van der Waals surface area contributed by atoms with Crippen LogP contribution in [0.3, 0.4) is 0 Å². The molecule has 2 N–H and O–H groups in total. The van der Waals surface area contributed by atoms with Crippen molar-refractivity contribution in [2.24, 2.45) is 7.05 Å². The number of hydrogen-bond donors (Lipinski definition) is 2. The highest BCUT2D eigenvalue weighted by atomic mass is 16.5. The van der Waals surface area contributed by atoms with Crippen LogP contribution in [0.5, 0.6) is 5.75 Å². The van der Waals surface area contributed by atoms with Gasteiger partial charge in [0.15, 0.2) is 0 Å². The van der Waals surface area contributed by atoms with Crippen LogP contribution in [0.15, 0.2) is 54.7 Å². The lowest BCUT2D eigenvalue weighted by atomic mass is 10.0. The van der Waals surface area contributed by atoms with Crippen LogP contribution in [0.2, 0.25) is 0 Å². The van der Waals surface area contributed by atoms with Crippen LogP contribution in [-0.2, 0) is 16.6 Å². The number of likely N-dealkylation sites (N-methyl/N-ethyl adjacent to an activating group) is 1. The standard InChI is InChI=1S/C23H28N4O3/c1-5-30-17-12-10-16(11-13-17)25-23(29)22(28)24-14-21(26(2)3)19-15-27(4)20-9-7-6-8-18(19)20/h6-13,15,21H,5,14H2,1-4H3,(H,24,28)(H,25,29). The molecule has 0 spiro atoms. The molecule has 7 nitrogen and oxygen atoms in total. The van der Waals surface area contributed by atoms with Gasteiger partial charge in [0.2, 0.25) is 0 Å². The summed E-state index contributed by atoms with van der Waals surface area (Å²) in [4.78, 5) is 26.7. The van der Waals surface area contributed by atoms with E-state index in [1.807, 2.05) is 45.1 Å². The number of para-hydroxylation sites is 1. The Kier molecular flexibility index (Phi) is 6.74. The van der Waals surface area contributed by atoms with E-state index >= 15 is 0 Å². The molecule has 1 aromatic heterocycles. The molecule has 3 rings (SSSR count). The number of aryl methyl sites for hydroxylation is 1. The van der Waals surface area contributed by atoms with Crippen molar-refractivity contribution >= 4 is 28.4 Å². The topological polar surface area (TPSA) is 75.6 Å². The van der Waals surface area contributed by atoms with Gasteiger partial charge in [-0.25, -0.2) is 0 Å². The summed E-state index contributed by atoms with van der Waals surface area (Å²) in [7, 11) is 5.92. The van der Waals surface area contributed by atoms with Crippen molar-refractivity contribution in [3.63, 3.8) is 0 Å². The van der Waals surface area contributed by atoms with Crippen molar-refractivity contribution in [1.29, 1.82) is 0 Å². The number of ether oxygens (including phenoxy) is 1. The van der Waals surface area contributed by atoms with Crippen LogP contribution in [-0.4, -0.2) is 48.5 Å². The molecule has 158 valence electrons. The first-order chi connectivity index (χ1) is 14.4. The summed E-state index contributed by atoms with van der Waals surface area (Å²) in [6.45, 7) is 2.79. The van der Waals surface area contributed by atoms with Gasteiger partial charge < -0.3 is 24.8 Å². The van der Waals surface area contributed by atoms with E-state index in [2.05, 4.69) is 33.5 Å². The van der Waals surface area contributed by atoms with Gasteiger partial charge in [-0.1, -0.05) is 18.2 Å². The third kappa shape index (κ3) is 4.80. The summed E-state index contributed by atoms with van der Waals surface area (Å²) < 4.78 is 7.45. The molecule has 0 aliphatic carbocycles. The van der Waals surface area contributed by atoms with Crippen molar-refractivity contribution in [3.05, 3.63) is 60.3 Å². The number of benzene rings is 2. The van der Waals surface area contributed by atoms with Crippen molar-refractivity contribution < 1.29 is 14.3 Å². The summed E-state index contributed by atoms with van der Waals surface area (Å²) in [6.07, 6.45) is 2.07. The Balaban J connectivity index is 1.65. The van der Waals surface area contributed by atoms with E-state index in [0.29, 0.717) is 24.6 Å². The molecule has 1 heterocycles. The molecule has 2 aromatic carbocycles. The highest BCUT2D eigenvalue weighted by Crippen LogP contribution is 2.28. The predicted octanol–water partition coefficient (Wildman–Crippen LogP) is 2.93. The Morgan fingerprint density at radius 3 is 2.43 bits per heavy atom. The van der Waals surface area contributed by atoms with Crippen molar-refractivity contribution in [3.8, 4) is 5.75 Å². The van der Waals surface area contributed by atoms with E-state index in [4.69, 9.17) is 4.74 Å². The number of hydrogen-bond acceptors (Lipinski definition) is 4. The first kappa shape index (κ1) is 21.4.